The SMILES string of the molecule is CC(C)N(CCCO)CC(=O)NC(C)(C#N)C1CC1. The zero-order valence-corrected chi connectivity index (χ0v) is 12.1. The highest BCUT2D eigenvalue weighted by molar-refractivity contribution is 5.79. The lowest BCUT2D eigenvalue weighted by atomic mass is 9.98. The van der Waals surface area contributed by atoms with Crippen LogP contribution in [0.4, 0.5) is 0 Å². The van der Waals surface area contributed by atoms with E-state index in [1.807, 2.05) is 18.7 Å². The topological polar surface area (TPSA) is 76.4 Å². The molecule has 0 saturated heterocycles. The second-order valence-electron chi connectivity index (χ2n) is 5.78. The molecule has 1 atom stereocenters. The van der Waals surface area contributed by atoms with E-state index < -0.39 is 5.54 Å². The van der Waals surface area contributed by atoms with Crippen LogP contribution in [0.3, 0.4) is 0 Å². The number of nitrogens with one attached hydrogen (secondary N) is 1. The van der Waals surface area contributed by atoms with Crippen LogP contribution in [0.5, 0.6) is 0 Å². The number of nitriles is 1. The van der Waals surface area contributed by atoms with Crippen LogP contribution in [0.1, 0.15) is 40.0 Å². The summed E-state index contributed by atoms with van der Waals surface area (Å²) in [6, 6.07) is 2.47. The lowest BCUT2D eigenvalue weighted by Gasteiger charge is -2.28. The van der Waals surface area contributed by atoms with Crippen LogP contribution in [-0.4, -0.2) is 47.2 Å². The van der Waals surface area contributed by atoms with Crippen molar-refractivity contribution in [2.24, 2.45) is 5.92 Å². The Bertz CT molecular complexity index is 347. The molecule has 19 heavy (non-hydrogen) atoms. The van der Waals surface area contributed by atoms with Gasteiger partial charge in [0.05, 0.1) is 12.6 Å². The van der Waals surface area contributed by atoms with Crippen molar-refractivity contribution in [2.75, 3.05) is 19.7 Å². The molecule has 2 N–H and O–H groups in total. The minimum atomic E-state index is -0.725. The van der Waals surface area contributed by atoms with E-state index in [2.05, 4.69) is 11.4 Å². The highest BCUT2D eigenvalue weighted by atomic mass is 16.3. The molecule has 5 heteroatoms. The summed E-state index contributed by atoms with van der Waals surface area (Å²) in [6.45, 7) is 6.94. The first-order valence-corrected chi connectivity index (χ1v) is 7.00. The molecule has 0 heterocycles. The van der Waals surface area contributed by atoms with E-state index >= 15 is 0 Å². The van der Waals surface area contributed by atoms with Crippen molar-refractivity contribution in [3.63, 3.8) is 0 Å². The molecule has 1 aliphatic carbocycles. The highest BCUT2D eigenvalue weighted by Crippen LogP contribution is 2.39. The van der Waals surface area contributed by atoms with Crippen LogP contribution in [0, 0.1) is 17.2 Å². The standard InChI is InChI=1S/C14H25N3O2/c1-11(2)17(7-4-8-18)9-13(19)16-14(3,10-15)12-5-6-12/h11-12,18H,4-9H2,1-3H3,(H,16,19). The van der Waals surface area contributed by atoms with E-state index in [-0.39, 0.29) is 25.1 Å². The largest absolute Gasteiger partial charge is 0.396 e. The molecule has 1 aliphatic rings. The van der Waals surface area contributed by atoms with Crippen LogP contribution in [0.15, 0.2) is 0 Å². The monoisotopic (exact) mass is 267 g/mol. The van der Waals surface area contributed by atoms with Gasteiger partial charge in [-0.05, 0) is 46.0 Å². The predicted molar refractivity (Wildman–Crippen MR) is 73.3 cm³/mol. The predicted octanol–water partition coefficient (Wildman–Crippen LogP) is 0.888. The number of carbonyl (C=O) groups excluding carboxylic acids is 1. The Morgan fingerprint density at radius 1 is 1.58 bits per heavy atom. The summed E-state index contributed by atoms with van der Waals surface area (Å²) in [4.78, 5) is 14.1. The molecule has 0 radical (unpaired) electrons. The van der Waals surface area contributed by atoms with E-state index in [0.29, 0.717) is 18.9 Å². The third-order valence-electron chi connectivity index (χ3n) is 3.71. The second-order valence-corrected chi connectivity index (χ2v) is 5.78. The first-order valence-electron chi connectivity index (χ1n) is 7.00. The van der Waals surface area contributed by atoms with Crippen molar-refractivity contribution in [3.05, 3.63) is 0 Å². The number of aliphatic hydroxyl groups is 1. The summed E-state index contributed by atoms with van der Waals surface area (Å²) >= 11 is 0. The molecule has 1 fully saturated rings. The Hall–Kier alpha value is -1.12. The van der Waals surface area contributed by atoms with Gasteiger partial charge in [0, 0.05) is 19.2 Å². The molecular formula is C14H25N3O2. The number of carbonyl (C=O) groups is 1. The molecule has 1 amide bonds. The van der Waals surface area contributed by atoms with E-state index in [0.717, 1.165) is 12.8 Å². The Kier molecular flexibility index (Phi) is 5.77. The smallest absolute Gasteiger partial charge is 0.235 e. The van der Waals surface area contributed by atoms with Crippen molar-refractivity contribution in [1.82, 2.24) is 10.2 Å². The van der Waals surface area contributed by atoms with Gasteiger partial charge in [-0.1, -0.05) is 0 Å². The minimum absolute atomic E-state index is 0.109. The van der Waals surface area contributed by atoms with Gasteiger partial charge >= 0.3 is 0 Å². The second kappa shape index (κ2) is 6.88. The Balaban J connectivity index is 2.50. The fraction of sp³-hybridized carbons (Fsp3) is 0.857. The van der Waals surface area contributed by atoms with Crippen molar-refractivity contribution in [3.8, 4) is 6.07 Å². The van der Waals surface area contributed by atoms with Crippen LogP contribution >= 0.6 is 0 Å². The lowest BCUT2D eigenvalue weighted by Crippen LogP contribution is -2.51. The summed E-state index contributed by atoms with van der Waals surface area (Å²) < 4.78 is 0. The molecule has 0 spiro atoms. The quantitative estimate of drug-likeness (QED) is 0.684. The zero-order valence-electron chi connectivity index (χ0n) is 12.1. The van der Waals surface area contributed by atoms with Crippen LogP contribution in [-0.2, 0) is 4.79 Å². The van der Waals surface area contributed by atoms with Gasteiger partial charge in [-0.25, -0.2) is 0 Å². The molecule has 1 rings (SSSR count). The maximum atomic E-state index is 12.1. The van der Waals surface area contributed by atoms with Gasteiger partial charge in [0.25, 0.3) is 0 Å². The van der Waals surface area contributed by atoms with Gasteiger partial charge in [-0.3, -0.25) is 9.69 Å². The molecule has 108 valence electrons. The van der Waals surface area contributed by atoms with Gasteiger partial charge in [0.2, 0.25) is 5.91 Å². The van der Waals surface area contributed by atoms with Gasteiger partial charge in [0.1, 0.15) is 5.54 Å². The molecule has 5 nitrogen and oxygen atoms in total. The number of rotatable bonds is 8. The summed E-state index contributed by atoms with van der Waals surface area (Å²) in [5, 5.41) is 20.9. The molecule has 0 aromatic heterocycles. The normalized spacial score (nSPS) is 18.2. The minimum Gasteiger partial charge on any atom is -0.396 e. The molecule has 0 aromatic carbocycles. The maximum Gasteiger partial charge on any atom is 0.235 e. The van der Waals surface area contributed by atoms with E-state index in [4.69, 9.17) is 5.11 Å². The number of amides is 1. The number of hydrogen-bond acceptors (Lipinski definition) is 4. The van der Waals surface area contributed by atoms with Gasteiger partial charge in [-0.15, -0.1) is 0 Å². The summed E-state index contributed by atoms with van der Waals surface area (Å²) in [5.41, 5.74) is -0.725. The van der Waals surface area contributed by atoms with Crippen molar-refractivity contribution in [2.45, 2.75) is 51.6 Å². The summed E-state index contributed by atoms with van der Waals surface area (Å²) in [7, 11) is 0. The molecule has 1 saturated carbocycles. The van der Waals surface area contributed by atoms with E-state index in [1.54, 1.807) is 6.92 Å². The van der Waals surface area contributed by atoms with Crippen molar-refractivity contribution in [1.29, 1.82) is 5.26 Å². The summed E-state index contributed by atoms with van der Waals surface area (Å²) in [6.07, 6.45) is 2.69. The fourth-order valence-electron chi connectivity index (χ4n) is 2.19. The molecule has 0 aliphatic heterocycles. The third kappa shape index (κ3) is 4.81. The van der Waals surface area contributed by atoms with Crippen LogP contribution < -0.4 is 5.32 Å². The van der Waals surface area contributed by atoms with Gasteiger partial charge in [0.15, 0.2) is 0 Å². The fourth-order valence-corrected chi connectivity index (χ4v) is 2.19. The van der Waals surface area contributed by atoms with E-state index in [9.17, 15) is 10.1 Å². The van der Waals surface area contributed by atoms with Crippen LogP contribution in [0.2, 0.25) is 0 Å². The Morgan fingerprint density at radius 2 is 2.21 bits per heavy atom. The Morgan fingerprint density at radius 3 is 2.63 bits per heavy atom. The number of nitrogens with zero attached hydrogens (tertiary/aromatic N) is 2. The Labute approximate surface area is 115 Å². The van der Waals surface area contributed by atoms with Crippen molar-refractivity contribution >= 4 is 5.91 Å². The maximum absolute atomic E-state index is 12.1. The van der Waals surface area contributed by atoms with Crippen molar-refractivity contribution < 1.29 is 9.90 Å². The van der Waals surface area contributed by atoms with Gasteiger partial charge in [-0.2, -0.15) is 5.26 Å². The first kappa shape index (κ1) is 15.9. The third-order valence-corrected chi connectivity index (χ3v) is 3.71. The van der Waals surface area contributed by atoms with Gasteiger partial charge < -0.3 is 10.4 Å². The lowest BCUT2D eigenvalue weighted by molar-refractivity contribution is -0.124. The molecular weight excluding hydrogens is 242 g/mol. The molecule has 0 bridgehead atoms. The number of aliphatic hydroxyl groups excluding tert-OH is 1. The average molecular weight is 267 g/mol. The zero-order chi connectivity index (χ0) is 14.5. The molecule has 0 aromatic rings. The summed E-state index contributed by atoms with van der Waals surface area (Å²) in [5.74, 6) is 0.189. The van der Waals surface area contributed by atoms with Crippen LogP contribution in [0.25, 0.3) is 0 Å². The first-order chi connectivity index (χ1) is 8.92. The highest BCUT2D eigenvalue weighted by Gasteiger charge is 2.43. The van der Waals surface area contributed by atoms with E-state index in [1.165, 1.54) is 0 Å². The molecule has 1 unspecified atom stereocenters. The number of hydrogen-bond donors (Lipinski definition) is 2. The average Bonchev–Trinajstić information content (AvgIpc) is 3.18.